The Balaban J connectivity index is 1.71. The van der Waals surface area contributed by atoms with Crippen molar-refractivity contribution in [1.29, 1.82) is 0 Å². The molecule has 0 fully saturated rings. The molecule has 0 unspecified atom stereocenters. The first-order valence-electron chi connectivity index (χ1n) is 8.79. The van der Waals surface area contributed by atoms with E-state index in [1.807, 2.05) is 74.5 Å². The van der Waals surface area contributed by atoms with Crippen molar-refractivity contribution < 1.29 is 9.53 Å². The van der Waals surface area contributed by atoms with Gasteiger partial charge < -0.3 is 10.1 Å². The standard InChI is InChI=1S/C23H17Br2NO2/c1-13-6-8-16(9-7-13)28-17-5-3-4-15(10-17)11-18-21-14(2)19(24)12-20(25)22(21)26-23(18)27/h3-12H,1-2H3,(H,26,27). The number of carbonyl (C=O) groups is 1. The molecule has 0 atom stereocenters. The number of fused-ring (bicyclic) bond motifs is 1. The fourth-order valence-electron chi connectivity index (χ4n) is 3.19. The minimum absolute atomic E-state index is 0.109. The summed E-state index contributed by atoms with van der Waals surface area (Å²) in [6, 6.07) is 17.6. The summed E-state index contributed by atoms with van der Waals surface area (Å²) in [6.07, 6.45) is 1.90. The number of nitrogens with one attached hydrogen (secondary N) is 1. The maximum atomic E-state index is 12.6. The van der Waals surface area contributed by atoms with Gasteiger partial charge in [-0.25, -0.2) is 0 Å². The van der Waals surface area contributed by atoms with Crippen LogP contribution in [0.3, 0.4) is 0 Å². The van der Waals surface area contributed by atoms with Gasteiger partial charge in [-0.1, -0.05) is 45.8 Å². The van der Waals surface area contributed by atoms with Crippen molar-refractivity contribution in [2.45, 2.75) is 13.8 Å². The number of hydrogen-bond acceptors (Lipinski definition) is 2. The molecule has 1 aliphatic heterocycles. The average molecular weight is 499 g/mol. The number of hydrogen-bond donors (Lipinski definition) is 1. The number of rotatable bonds is 3. The van der Waals surface area contributed by atoms with Gasteiger partial charge in [-0.3, -0.25) is 4.79 Å². The highest BCUT2D eigenvalue weighted by Gasteiger charge is 2.29. The van der Waals surface area contributed by atoms with Crippen LogP contribution in [0, 0.1) is 13.8 Å². The molecule has 1 heterocycles. The third-order valence-corrected chi connectivity index (χ3v) is 6.10. The molecule has 1 amide bonds. The number of anilines is 1. The Morgan fingerprint density at radius 3 is 2.43 bits per heavy atom. The SMILES string of the molecule is Cc1ccc(Oc2cccc(C=C3C(=O)Nc4c(Br)cc(Br)c(C)c43)c2)cc1. The first-order chi connectivity index (χ1) is 13.4. The second-order valence-corrected chi connectivity index (χ2v) is 8.42. The molecule has 0 radical (unpaired) electrons. The first kappa shape index (κ1) is 19.0. The van der Waals surface area contributed by atoms with Gasteiger partial charge in [-0.05, 0) is 77.3 Å². The predicted octanol–water partition coefficient (Wildman–Crippen LogP) is 7.11. The summed E-state index contributed by atoms with van der Waals surface area (Å²) in [5, 5.41) is 2.96. The lowest BCUT2D eigenvalue weighted by atomic mass is 9.99. The maximum absolute atomic E-state index is 12.6. The Kier molecular flexibility index (Phi) is 5.13. The number of carbonyl (C=O) groups excluding carboxylic acids is 1. The summed E-state index contributed by atoms with van der Waals surface area (Å²) in [5.74, 6) is 1.40. The van der Waals surface area contributed by atoms with Crippen LogP contribution in [0.25, 0.3) is 11.6 Å². The number of ether oxygens (including phenoxy) is 1. The molecular formula is C23H17Br2NO2. The van der Waals surface area contributed by atoms with E-state index in [-0.39, 0.29) is 5.91 Å². The fourth-order valence-corrected chi connectivity index (χ4v) is 4.45. The topological polar surface area (TPSA) is 38.3 Å². The molecule has 28 heavy (non-hydrogen) atoms. The minimum atomic E-state index is -0.109. The highest BCUT2D eigenvalue weighted by Crippen LogP contribution is 2.43. The van der Waals surface area contributed by atoms with Crippen molar-refractivity contribution in [3.05, 3.63) is 85.8 Å². The lowest BCUT2D eigenvalue weighted by Crippen LogP contribution is -2.03. The summed E-state index contributed by atoms with van der Waals surface area (Å²) in [7, 11) is 0. The number of amides is 1. The maximum Gasteiger partial charge on any atom is 0.256 e. The van der Waals surface area contributed by atoms with E-state index in [2.05, 4.69) is 37.2 Å². The fraction of sp³-hybridized carbons (Fsp3) is 0.0870. The zero-order valence-electron chi connectivity index (χ0n) is 15.3. The highest BCUT2D eigenvalue weighted by molar-refractivity contribution is 9.11. The molecule has 3 aromatic carbocycles. The molecule has 3 nitrogen and oxygen atoms in total. The molecule has 5 heteroatoms. The lowest BCUT2D eigenvalue weighted by Gasteiger charge is -2.09. The zero-order chi connectivity index (χ0) is 19.8. The number of halogens is 2. The lowest BCUT2D eigenvalue weighted by molar-refractivity contribution is -0.110. The highest BCUT2D eigenvalue weighted by atomic mass is 79.9. The summed E-state index contributed by atoms with van der Waals surface area (Å²) in [5.41, 5.74) is 5.47. The van der Waals surface area contributed by atoms with Crippen molar-refractivity contribution in [2.24, 2.45) is 0 Å². The van der Waals surface area contributed by atoms with Crippen molar-refractivity contribution in [3.8, 4) is 11.5 Å². The van der Waals surface area contributed by atoms with E-state index < -0.39 is 0 Å². The van der Waals surface area contributed by atoms with E-state index in [0.29, 0.717) is 5.57 Å². The van der Waals surface area contributed by atoms with Gasteiger partial charge in [0.25, 0.3) is 5.91 Å². The van der Waals surface area contributed by atoms with E-state index in [4.69, 9.17) is 4.74 Å². The van der Waals surface area contributed by atoms with Crippen LogP contribution in [0.5, 0.6) is 11.5 Å². The molecule has 0 saturated heterocycles. The van der Waals surface area contributed by atoms with E-state index in [9.17, 15) is 4.79 Å². The summed E-state index contributed by atoms with van der Waals surface area (Å²) >= 11 is 7.10. The predicted molar refractivity (Wildman–Crippen MR) is 121 cm³/mol. The number of benzene rings is 3. The van der Waals surface area contributed by atoms with E-state index in [1.54, 1.807) is 0 Å². The molecule has 1 N–H and O–H groups in total. The van der Waals surface area contributed by atoms with Crippen LogP contribution in [0.2, 0.25) is 0 Å². The quantitative estimate of drug-likeness (QED) is 0.390. The van der Waals surface area contributed by atoms with Crippen LogP contribution in [-0.2, 0) is 4.79 Å². The van der Waals surface area contributed by atoms with Gasteiger partial charge in [0.2, 0.25) is 0 Å². The molecule has 0 aliphatic carbocycles. The van der Waals surface area contributed by atoms with Gasteiger partial charge in [0.1, 0.15) is 11.5 Å². The average Bonchev–Trinajstić information content (AvgIpc) is 2.99. The molecule has 1 aliphatic rings. The van der Waals surface area contributed by atoms with Crippen LogP contribution in [0.1, 0.15) is 22.3 Å². The Morgan fingerprint density at radius 2 is 1.68 bits per heavy atom. The third-order valence-electron chi connectivity index (χ3n) is 4.65. The third kappa shape index (κ3) is 3.64. The Bertz CT molecular complexity index is 1120. The van der Waals surface area contributed by atoms with Gasteiger partial charge in [0.05, 0.1) is 5.69 Å². The van der Waals surface area contributed by atoms with Gasteiger partial charge in [0.15, 0.2) is 0 Å². The molecule has 0 saturated carbocycles. The van der Waals surface area contributed by atoms with Gasteiger partial charge in [-0.15, -0.1) is 0 Å². The second kappa shape index (κ2) is 7.57. The van der Waals surface area contributed by atoms with Crippen LogP contribution < -0.4 is 10.1 Å². The van der Waals surface area contributed by atoms with E-state index in [1.165, 1.54) is 5.56 Å². The summed E-state index contributed by atoms with van der Waals surface area (Å²) < 4.78 is 7.76. The van der Waals surface area contributed by atoms with Gasteiger partial charge in [-0.2, -0.15) is 0 Å². The zero-order valence-corrected chi connectivity index (χ0v) is 18.5. The van der Waals surface area contributed by atoms with Gasteiger partial charge >= 0.3 is 0 Å². The summed E-state index contributed by atoms with van der Waals surface area (Å²) in [4.78, 5) is 12.6. The van der Waals surface area contributed by atoms with E-state index in [0.717, 1.165) is 42.8 Å². The molecule has 4 rings (SSSR count). The van der Waals surface area contributed by atoms with Crippen molar-refractivity contribution >= 4 is 55.1 Å². The summed E-state index contributed by atoms with van der Waals surface area (Å²) in [6.45, 7) is 4.04. The van der Waals surface area contributed by atoms with Crippen molar-refractivity contribution in [2.75, 3.05) is 5.32 Å². The Labute approximate surface area is 180 Å². The van der Waals surface area contributed by atoms with Crippen LogP contribution >= 0.6 is 31.9 Å². The second-order valence-electron chi connectivity index (χ2n) is 6.71. The van der Waals surface area contributed by atoms with Crippen LogP contribution in [0.4, 0.5) is 5.69 Å². The molecule has 0 spiro atoms. The Morgan fingerprint density at radius 1 is 0.929 bits per heavy atom. The molecule has 0 aromatic heterocycles. The van der Waals surface area contributed by atoms with Crippen molar-refractivity contribution in [3.63, 3.8) is 0 Å². The molecule has 0 bridgehead atoms. The monoisotopic (exact) mass is 497 g/mol. The normalized spacial score (nSPS) is 14.1. The van der Waals surface area contributed by atoms with Crippen LogP contribution in [-0.4, -0.2) is 5.91 Å². The van der Waals surface area contributed by atoms with Crippen LogP contribution in [0.15, 0.2) is 63.5 Å². The number of aryl methyl sites for hydroxylation is 1. The minimum Gasteiger partial charge on any atom is -0.457 e. The molecular weight excluding hydrogens is 482 g/mol. The van der Waals surface area contributed by atoms with Crippen molar-refractivity contribution in [1.82, 2.24) is 0 Å². The largest absolute Gasteiger partial charge is 0.457 e. The Hall–Kier alpha value is -2.37. The van der Waals surface area contributed by atoms with Gasteiger partial charge in [0, 0.05) is 20.1 Å². The molecule has 3 aromatic rings. The van der Waals surface area contributed by atoms with E-state index >= 15 is 0 Å². The smallest absolute Gasteiger partial charge is 0.256 e. The first-order valence-corrected chi connectivity index (χ1v) is 10.4. The molecule has 140 valence electrons.